The number of anilines is 2. The number of fused-ring (bicyclic) bond motifs is 1. The van der Waals surface area contributed by atoms with E-state index in [4.69, 9.17) is 4.74 Å². The van der Waals surface area contributed by atoms with Crippen LogP contribution in [0, 0.1) is 0 Å². The second kappa shape index (κ2) is 7.81. The minimum Gasteiger partial charge on any atom is -0.456 e. The molecule has 1 aromatic carbocycles. The van der Waals surface area contributed by atoms with Crippen molar-refractivity contribution in [1.29, 1.82) is 0 Å². The zero-order valence-electron chi connectivity index (χ0n) is 16.9. The molecule has 32 heavy (non-hydrogen) atoms. The molecule has 5 rings (SSSR count). The number of aromatic nitrogens is 2. The monoisotopic (exact) mass is 440 g/mol. The van der Waals surface area contributed by atoms with Crippen molar-refractivity contribution < 1.29 is 22.7 Å². The number of carbonyl (C=O) groups excluding carboxylic acids is 1. The molecule has 1 amide bonds. The summed E-state index contributed by atoms with van der Waals surface area (Å²) in [5.41, 5.74) is 0.374. The lowest BCUT2D eigenvalue weighted by Gasteiger charge is -2.28. The summed E-state index contributed by atoms with van der Waals surface area (Å²) >= 11 is 0. The highest BCUT2D eigenvalue weighted by Crippen LogP contribution is 2.32. The molecule has 2 aliphatic rings. The molecule has 1 N–H and O–H groups in total. The highest BCUT2D eigenvalue weighted by atomic mass is 19.4. The number of halogens is 3. The van der Waals surface area contributed by atoms with E-state index in [1.807, 2.05) is 12.1 Å². The quantitative estimate of drug-likeness (QED) is 0.600. The zero-order chi connectivity index (χ0) is 22.3. The molecule has 1 saturated carbocycles. The highest BCUT2D eigenvalue weighted by Gasteiger charge is 2.32. The highest BCUT2D eigenvalue weighted by molar-refractivity contribution is 6.08. The van der Waals surface area contributed by atoms with Crippen molar-refractivity contribution in [2.24, 2.45) is 0 Å². The Kier molecular flexibility index (Phi) is 4.96. The summed E-state index contributed by atoms with van der Waals surface area (Å²) in [6, 6.07) is 13.2. The van der Waals surface area contributed by atoms with E-state index in [1.54, 1.807) is 29.2 Å². The maximum atomic E-state index is 13.2. The summed E-state index contributed by atoms with van der Waals surface area (Å²) in [7, 11) is 0. The first-order valence-electron chi connectivity index (χ1n) is 10.3. The summed E-state index contributed by atoms with van der Waals surface area (Å²) in [6.07, 6.45) is -0.595. The van der Waals surface area contributed by atoms with Gasteiger partial charge in [0, 0.05) is 18.2 Å². The summed E-state index contributed by atoms with van der Waals surface area (Å²) < 4.78 is 43.7. The van der Waals surface area contributed by atoms with Crippen molar-refractivity contribution in [3.63, 3.8) is 0 Å². The van der Waals surface area contributed by atoms with E-state index in [0.717, 1.165) is 36.5 Å². The van der Waals surface area contributed by atoms with E-state index >= 15 is 0 Å². The second-order valence-electron chi connectivity index (χ2n) is 7.80. The number of hydrogen-bond acceptors (Lipinski definition) is 5. The van der Waals surface area contributed by atoms with Gasteiger partial charge in [0.05, 0.1) is 6.20 Å². The Labute approximate surface area is 182 Å². The van der Waals surface area contributed by atoms with Crippen molar-refractivity contribution in [3.8, 4) is 11.5 Å². The number of hydrogen-bond donors (Lipinski definition) is 1. The molecule has 0 atom stereocenters. The molecule has 0 radical (unpaired) electrons. The van der Waals surface area contributed by atoms with E-state index in [2.05, 4.69) is 15.3 Å². The van der Waals surface area contributed by atoms with Crippen LogP contribution in [0.3, 0.4) is 0 Å². The normalized spacial score (nSPS) is 16.0. The van der Waals surface area contributed by atoms with Gasteiger partial charge in [-0.2, -0.15) is 13.2 Å². The van der Waals surface area contributed by atoms with Gasteiger partial charge in [-0.3, -0.25) is 9.69 Å². The van der Waals surface area contributed by atoms with Gasteiger partial charge in [-0.25, -0.2) is 9.97 Å². The minimum absolute atomic E-state index is 0.151. The fraction of sp³-hybridized carbons (Fsp3) is 0.261. The SMILES string of the molecule is O=C1c2cc(Oc3ccc(C(F)(F)F)nc3)ccc2CCN1c1cccc(NC2CC2)n1. The number of rotatable bonds is 5. The van der Waals surface area contributed by atoms with Crippen LogP contribution in [0.25, 0.3) is 0 Å². The molecule has 3 aromatic rings. The van der Waals surface area contributed by atoms with Gasteiger partial charge in [-0.1, -0.05) is 12.1 Å². The average Bonchev–Trinajstić information content (AvgIpc) is 3.58. The Morgan fingerprint density at radius 2 is 1.88 bits per heavy atom. The predicted molar refractivity (Wildman–Crippen MR) is 112 cm³/mol. The fourth-order valence-corrected chi connectivity index (χ4v) is 3.57. The lowest BCUT2D eigenvalue weighted by atomic mass is 9.98. The van der Waals surface area contributed by atoms with Crippen molar-refractivity contribution >= 4 is 17.5 Å². The van der Waals surface area contributed by atoms with Crippen molar-refractivity contribution in [2.45, 2.75) is 31.5 Å². The first kappa shape index (κ1) is 20.3. The van der Waals surface area contributed by atoms with Crippen LogP contribution in [-0.2, 0) is 12.6 Å². The third kappa shape index (κ3) is 4.23. The number of benzene rings is 1. The number of alkyl halides is 3. The molecule has 0 spiro atoms. The summed E-state index contributed by atoms with van der Waals surface area (Å²) in [4.78, 5) is 22.8. The summed E-state index contributed by atoms with van der Waals surface area (Å²) in [6.45, 7) is 0.509. The van der Waals surface area contributed by atoms with Gasteiger partial charge in [0.1, 0.15) is 28.8 Å². The number of carbonyl (C=O) groups is 1. The number of pyridine rings is 2. The van der Waals surface area contributed by atoms with Gasteiger partial charge >= 0.3 is 6.18 Å². The predicted octanol–water partition coefficient (Wildman–Crippen LogP) is 5.06. The summed E-state index contributed by atoms with van der Waals surface area (Å²) in [5, 5.41) is 3.33. The van der Waals surface area contributed by atoms with Gasteiger partial charge in [-0.15, -0.1) is 0 Å². The zero-order valence-corrected chi connectivity index (χ0v) is 16.9. The van der Waals surface area contributed by atoms with Crippen LogP contribution >= 0.6 is 0 Å². The number of nitrogens with zero attached hydrogens (tertiary/aromatic N) is 3. The van der Waals surface area contributed by atoms with Crippen LogP contribution in [-0.4, -0.2) is 28.5 Å². The minimum atomic E-state index is -4.51. The molecule has 9 heteroatoms. The molecule has 0 bridgehead atoms. The molecular weight excluding hydrogens is 421 g/mol. The third-order valence-corrected chi connectivity index (χ3v) is 5.36. The van der Waals surface area contributed by atoms with Gasteiger partial charge in [0.25, 0.3) is 5.91 Å². The smallest absolute Gasteiger partial charge is 0.433 e. The van der Waals surface area contributed by atoms with Crippen LogP contribution in [0.5, 0.6) is 11.5 Å². The second-order valence-corrected chi connectivity index (χ2v) is 7.80. The fourth-order valence-electron chi connectivity index (χ4n) is 3.57. The molecule has 6 nitrogen and oxygen atoms in total. The molecule has 0 saturated heterocycles. The molecule has 1 aliphatic heterocycles. The Bertz CT molecular complexity index is 1160. The largest absolute Gasteiger partial charge is 0.456 e. The lowest BCUT2D eigenvalue weighted by molar-refractivity contribution is -0.141. The average molecular weight is 440 g/mol. The number of ether oxygens (including phenoxy) is 1. The van der Waals surface area contributed by atoms with Crippen LogP contribution in [0.4, 0.5) is 24.8 Å². The first-order chi connectivity index (χ1) is 15.4. The number of amides is 1. The molecule has 3 heterocycles. The van der Waals surface area contributed by atoms with Crippen LogP contribution in [0.2, 0.25) is 0 Å². The molecular formula is C23H19F3N4O2. The van der Waals surface area contributed by atoms with Gasteiger partial charge in [0.15, 0.2) is 0 Å². The first-order valence-corrected chi connectivity index (χ1v) is 10.3. The van der Waals surface area contributed by atoms with Gasteiger partial charge in [-0.05, 0) is 61.2 Å². The molecule has 164 valence electrons. The van der Waals surface area contributed by atoms with Crippen LogP contribution in [0.1, 0.15) is 34.5 Å². The van der Waals surface area contributed by atoms with E-state index in [1.165, 1.54) is 6.07 Å². The Morgan fingerprint density at radius 1 is 1.06 bits per heavy atom. The Morgan fingerprint density at radius 3 is 2.59 bits per heavy atom. The Hall–Kier alpha value is -3.62. The van der Waals surface area contributed by atoms with Crippen LogP contribution in [0.15, 0.2) is 54.7 Å². The lowest BCUT2D eigenvalue weighted by Crippen LogP contribution is -2.38. The van der Waals surface area contributed by atoms with Crippen molar-refractivity contribution in [2.75, 3.05) is 16.8 Å². The third-order valence-electron chi connectivity index (χ3n) is 5.36. The van der Waals surface area contributed by atoms with E-state index < -0.39 is 11.9 Å². The van der Waals surface area contributed by atoms with Crippen LogP contribution < -0.4 is 15.0 Å². The standard InChI is InChI=1S/C23H19F3N4O2/c24-23(25,26)19-9-8-17(13-27-19)32-16-7-4-14-10-11-30(22(31)18(14)12-16)21-3-1-2-20(29-21)28-15-5-6-15/h1-4,7-9,12-13,15H,5-6,10-11H2,(H,28,29). The van der Waals surface area contributed by atoms with E-state index in [0.29, 0.717) is 36.1 Å². The van der Waals surface area contributed by atoms with E-state index in [-0.39, 0.29) is 11.7 Å². The molecule has 1 aliphatic carbocycles. The Balaban J connectivity index is 1.35. The van der Waals surface area contributed by atoms with Gasteiger partial charge < -0.3 is 10.1 Å². The van der Waals surface area contributed by atoms with E-state index in [9.17, 15) is 18.0 Å². The van der Waals surface area contributed by atoms with Gasteiger partial charge in [0.2, 0.25) is 0 Å². The topological polar surface area (TPSA) is 67.3 Å². The maximum absolute atomic E-state index is 13.2. The van der Waals surface area contributed by atoms with Crippen molar-refractivity contribution in [3.05, 3.63) is 71.5 Å². The van der Waals surface area contributed by atoms with Crippen molar-refractivity contribution in [1.82, 2.24) is 9.97 Å². The summed E-state index contributed by atoms with van der Waals surface area (Å²) in [5.74, 6) is 1.62. The maximum Gasteiger partial charge on any atom is 0.433 e. The molecule has 0 unspecified atom stereocenters. The molecule has 2 aromatic heterocycles. The molecule has 1 fully saturated rings. The number of nitrogens with one attached hydrogen (secondary N) is 1.